The van der Waals surface area contributed by atoms with Gasteiger partial charge in [0.05, 0.1) is 12.4 Å². The quantitative estimate of drug-likeness (QED) is 0.428. The minimum absolute atomic E-state index is 0.185. The summed E-state index contributed by atoms with van der Waals surface area (Å²) in [6, 6.07) is 6.91. The lowest BCUT2D eigenvalue weighted by Gasteiger charge is -2.06. The molecule has 0 aliphatic heterocycles. The molecule has 1 rings (SSSR count). The molecule has 6 heteroatoms. The van der Waals surface area contributed by atoms with E-state index in [1.165, 1.54) is 0 Å². The number of ether oxygens (including phenoxy) is 1. The first-order valence-electron chi connectivity index (χ1n) is 6.14. The second kappa shape index (κ2) is 7.91. The predicted molar refractivity (Wildman–Crippen MR) is 72.2 cm³/mol. The van der Waals surface area contributed by atoms with E-state index < -0.39 is 10.1 Å². The zero-order valence-corrected chi connectivity index (χ0v) is 11.4. The largest absolute Gasteiger partial charge is 0.494 e. The summed E-state index contributed by atoms with van der Waals surface area (Å²) < 4.78 is 34.9. The van der Waals surface area contributed by atoms with E-state index in [0.29, 0.717) is 24.3 Å². The van der Waals surface area contributed by atoms with E-state index in [2.05, 4.69) is 0 Å². The Balaban J connectivity index is 2.12. The Morgan fingerprint density at radius 1 is 1.16 bits per heavy atom. The molecule has 0 aliphatic carbocycles. The molecular weight excluding hydrogens is 268 g/mol. The number of benzene rings is 1. The fourth-order valence-corrected chi connectivity index (χ4v) is 2.18. The van der Waals surface area contributed by atoms with E-state index in [4.69, 9.17) is 9.29 Å². The molecule has 0 aromatic heterocycles. The SMILES string of the molecule is O=Cc1cccc(OCCCCCCS(=O)(=O)O)c1. The van der Waals surface area contributed by atoms with Crippen molar-refractivity contribution in [2.24, 2.45) is 0 Å². The average Bonchev–Trinajstić information content (AvgIpc) is 2.36. The molecule has 0 aliphatic rings. The molecule has 106 valence electrons. The minimum Gasteiger partial charge on any atom is -0.494 e. The van der Waals surface area contributed by atoms with Gasteiger partial charge in [-0.25, -0.2) is 0 Å². The third-order valence-electron chi connectivity index (χ3n) is 2.56. The van der Waals surface area contributed by atoms with E-state index in [-0.39, 0.29) is 5.75 Å². The monoisotopic (exact) mass is 286 g/mol. The van der Waals surface area contributed by atoms with Crippen LogP contribution >= 0.6 is 0 Å². The molecule has 1 aromatic rings. The number of rotatable bonds is 9. The number of aldehydes is 1. The van der Waals surface area contributed by atoms with Crippen molar-refractivity contribution >= 4 is 16.4 Å². The van der Waals surface area contributed by atoms with Gasteiger partial charge in [-0.15, -0.1) is 0 Å². The second-order valence-corrected chi connectivity index (χ2v) is 5.81. The number of hydrogen-bond acceptors (Lipinski definition) is 4. The maximum atomic E-state index is 10.6. The molecule has 0 amide bonds. The van der Waals surface area contributed by atoms with E-state index in [0.717, 1.165) is 25.5 Å². The van der Waals surface area contributed by atoms with Crippen LogP contribution in [0.5, 0.6) is 5.75 Å². The molecule has 0 unspecified atom stereocenters. The van der Waals surface area contributed by atoms with Crippen molar-refractivity contribution in [2.75, 3.05) is 12.4 Å². The lowest BCUT2D eigenvalue weighted by molar-refractivity contribution is 0.112. The summed E-state index contributed by atoms with van der Waals surface area (Å²) in [4.78, 5) is 10.6. The molecule has 0 atom stereocenters. The van der Waals surface area contributed by atoms with Crippen molar-refractivity contribution in [3.05, 3.63) is 29.8 Å². The number of hydrogen-bond donors (Lipinski definition) is 1. The third-order valence-corrected chi connectivity index (χ3v) is 3.36. The smallest absolute Gasteiger partial charge is 0.264 e. The Kier molecular flexibility index (Phi) is 6.52. The van der Waals surface area contributed by atoms with E-state index >= 15 is 0 Å². The molecule has 0 bridgehead atoms. The fraction of sp³-hybridized carbons (Fsp3) is 0.462. The van der Waals surface area contributed by atoms with Crippen molar-refractivity contribution in [3.63, 3.8) is 0 Å². The van der Waals surface area contributed by atoms with Crippen molar-refractivity contribution in [1.82, 2.24) is 0 Å². The van der Waals surface area contributed by atoms with Crippen LogP contribution in [0.4, 0.5) is 0 Å². The predicted octanol–water partition coefficient (Wildman–Crippen LogP) is 2.33. The summed E-state index contributed by atoms with van der Waals surface area (Å²) in [5.74, 6) is 0.470. The zero-order valence-electron chi connectivity index (χ0n) is 10.6. The van der Waals surface area contributed by atoms with Gasteiger partial charge in [0.1, 0.15) is 12.0 Å². The first kappa shape index (κ1) is 15.7. The van der Waals surface area contributed by atoms with Gasteiger partial charge in [0.2, 0.25) is 0 Å². The lowest BCUT2D eigenvalue weighted by atomic mass is 10.2. The third kappa shape index (κ3) is 7.58. The summed E-state index contributed by atoms with van der Waals surface area (Å²) in [6.45, 7) is 0.522. The summed E-state index contributed by atoms with van der Waals surface area (Å²) in [5.41, 5.74) is 0.575. The van der Waals surface area contributed by atoms with Crippen LogP contribution in [0.3, 0.4) is 0 Å². The van der Waals surface area contributed by atoms with Crippen LogP contribution in [0.2, 0.25) is 0 Å². The van der Waals surface area contributed by atoms with Crippen LogP contribution in [0.25, 0.3) is 0 Å². The highest BCUT2D eigenvalue weighted by Gasteiger charge is 2.03. The minimum atomic E-state index is -3.83. The number of carbonyl (C=O) groups excluding carboxylic acids is 1. The van der Waals surface area contributed by atoms with Gasteiger partial charge in [-0.1, -0.05) is 25.0 Å². The maximum absolute atomic E-state index is 10.6. The van der Waals surface area contributed by atoms with Crippen LogP contribution in [0.1, 0.15) is 36.0 Å². The second-order valence-electron chi connectivity index (χ2n) is 4.24. The molecule has 5 nitrogen and oxygen atoms in total. The van der Waals surface area contributed by atoms with Crippen LogP contribution in [-0.4, -0.2) is 31.6 Å². The first-order chi connectivity index (χ1) is 9.01. The van der Waals surface area contributed by atoms with Gasteiger partial charge in [0, 0.05) is 5.56 Å². The molecular formula is C13H18O5S. The molecule has 0 radical (unpaired) electrons. The standard InChI is InChI=1S/C13H18O5S/c14-11-12-6-5-7-13(10-12)18-8-3-1-2-4-9-19(15,16)17/h5-7,10-11H,1-4,8-9H2,(H,15,16,17). The van der Waals surface area contributed by atoms with Gasteiger partial charge in [-0.3, -0.25) is 9.35 Å². The molecule has 0 fully saturated rings. The van der Waals surface area contributed by atoms with E-state index in [9.17, 15) is 13.2 Å². The molecule has 0 spiro atoms. The van der Waals surface area contributed by atoms with Crippen molar-refractivity contribution in [1.29, 1.82) is 0 Å². The van der Waals surface area contributed by atoms with Gasteiger partial charge < -0.3 is 4.74 Å². The van der Waals surface area contributed by atoms with Gasteiger partial charge in [-0.2, -0.15) is 8.42 Å². The fourth-order valence-electron chi connectivity index (χ4n) is 1.61. The van der Waals surface area contributed by atoms with Crippen LogP contribution < -0.4 is 4.74 Å². The average molecular weight is 286 g/mol. The van der Waals surface area contributed by atoms with Crippen molar-refractivity contribution in [2.45, 2.75) is 25.7 Å². The van der Waals surface area contributed by atoms with Crippen LogP contribution in [-0.2, 0) is 10.1 Å². The molecule has 1 N–H and O–H groups in total. The molecule has 0 heterocycles. The Morgan fingerprint density at radius 2 is 1.89 bits per heavy atom. The van der Waals surface area contributed by atoms with Gasteiger partial charge >= 0.3 is 0 Å². The highest BCUT2D eigenvalue weighted by Crippen LogP contribution is 2.12. The summed E-state index contributed by atoms with van der Waals surface area (Å²) in [6.07, 6.45) is 3.60. The van der Waals surface area contributed by atoms with Gasteiger partial charge in [-0.05, 0) is 25.0 Å². The Labute approximate surface area is 113 Å². The summed E-state index contributed by atoms with van der Waals surface area (Å²) in [5, 5.41) is 0. The Morgan fingerprint density at radius 3 is 2.58 bits per heavy atom. The Hall–Kier alpha value is -1.40. The van der Waals surface area contributed by atoms with Gasteiger partial charge in [0.15, 0.2) is 0 Å². The lowest BCUT2D eigenvalue weighted by Crippen LogP contribution is -2.04. The summed E-state index contributed by atoms with van der Waals surface area (Å²) >= 11 is 0. The molecule has 0 saturated carbocycles. The number of carbonyl (C=O) groups is 1. The first-order valence-corrected chi connectivity index (χ1v) is 7.75. The topological polar surface area (TPSA) is 80.7 Å². The normalized spacial score (nSPS) is 11.2. The zero-order chi connectivity index (χ0) is 14.1. The van der Waals surface area contributed by atoms with Crippen LogP contribution in [0, 0.1) is 0 Å². The van der Waals surface area contributed by atoms with Crippen molar-refractivity contribution < 1.29 is 22.5 Å². The van der Waals surface area contributed by atoms with E-state index in [1.807, 2.05) is 0 Å². The Bertz CT molecular complexity index is 496. The maximum Gasteiger partial charge on any atom is 0.264 e. The molecule has 1 aromatic carbocycles. The summed E-state index contributed by atoms with van der Waals surface area (Å²) in [7, 11) is -3.83. The van der Waals surface area contributed by atoms with Crippen LogP contribution in [0.15, 0.2) is 24.3 Å². The van der Waals surface area contributed by atoms with Crippen molar-refractivity contribution in [3.8, 4) is 5.75 Å². The highest BCUT2D eigenvalue weighted by molar-refractivity contribution is 7.85. The molecule has 19 heavy (non-hydrogen) atoms. The van der Waals surface area contributed by atoms with Gasteiger partial charge in [0.25, 0.3) is 10.1 Å². The molecule has 0 saturated heterocycles. The number of unbranched alkanes of at least 4 members (excludes halogenated alkanes) is 3. The highest BCUT2D eigenvalue weighted by atomic mass is 32.2. The van der Waals surface area contributed by atoms with E-state index in [1.54, 1.807) is 24.3 Å².